The number of imide groups is 1. The number of alkyl halides is 3. The van der Waals surface area contributed by atoms with Crippen LogP contribution in [0.5, 0.6) is 0 Å². The van der Waals surface area contributed by atoms with Crippen LogP contribution in [0.1, 0.15) is 26.3 Å². The average molecular weight is 307 g/mol. The summed E-state index contributed by atoms with van der Waals surface area (Å²) in [6.45, 7) is 0. The topological polar surface area (TPSA) is 72.2 Å². The Balaban J connectivity index is 2.25. The second-order valence-electron chi connectivity index (χ2n) is 4.38. The highest BCUT2D eigenvalue weighted by Crippen LogP contribution is 2.31. The number of amides is 2. The fourth-order valence-electron chi connectivity index (χ4n) is 1.79. The Labute approximate surface area is 123 Å². The Kier molecular flexibility index (Phi) is 4.16. The third kappa shape index (κ3) is 3.43. The first kappa shape index (κ1) is 15.6. The Morgan fingerprint density at radius 3 is 2.41 bits per heavy atom. The molecule has 2 aromatic rings. The highest BCUT2D eigenvalue weighted by molar-refractivity contribution is 6.11. The lowest BCUT2D eigenvalue weighted by Gasteiger charge is -2.12. The van der Waals surface area contributed by atoms with Crippen LogP contribution in [0.3, 0.4) is 0 Å². The lowest BCUT2D eigenvalue weighted by Crippen LogP contribution is -2.32. The van der Waals surface area contributed by atoms with Crippen LogP contribution in [0, 0.1) is 6.07 Å². The van der Waals surface area contributed by atoms with E-state index in [4.69, 9.17) is 5.73 Å². The summed E-state index contributed by atoms with van der Waals surface area (Å²) in [5.74, 6) is -1.99. The molecule has 4 nitrogen and oxygen atoms in total. The molecule has 0 aliphatic carbocycles. The smallest absolute Gasteiger partial charge is 0.399 e. The van der Waals surface area contributed by atoms with Gasteiger partial charge < -0.3 is 5.73 Å². The number of nitrogen functional groups attached to an aromatic ring is 1. The fourth-order valence-corrected chi connectivity index (χ4v) is 1.79. The Bertz CT molecular complexity index is 727. The van der Waals surface area contributed by atoms with Crippen molar-refractivity contribution in [1.82, 2.24) is 5.32 Å². The van der Waals surface area contributed by atoms with Gasteiger partial charge in [0.25, 0.3) is 11.8 Å². The summed E-state index contributed by atoms with van der Waals surface area (Å²) >= 11 is 0. The van der Waals surface area contributed by atoms with E-state index >= 15 is 0 Å². The molecule has 0 saturated heterocycles. The molecule has 0 spiro atoms. The normalized spacial score (nSPS) is 11.0. The minimum Gasteiger partial charge on any atom is -0.399 e. The molecule has 7 heteroatoms. The summed E-state index contributed by atoms with van der Waals surface area (Å²) in [5, 5.41) is 1.90. The van der Waals surface area contributed by atoms with Crippen LogP contribution in [0.25, 0.3) is 0 Å². The van der Waals surface area contributed by atoms with Gasteiger partial charge in [0.2, 0.25) is 0 Å². The van der Waals surface area contributed by atoms with E-state index in [0.717, 1.165) is 18.2 Å². The van der Waals surface area contributed by atoms with E-state index in [1.807, 2.05) is 5.32 Å². The summed E-state index contributed by atoms with van der Waals surface area (Å²) < 4.78 is 38.5. The number of carbonyl (C=O) groups excluding carboxylic acids is 2. The Morgan fingerprint density at radius 1 is 1.09 bits per heavy atom. The highest BCUT2D eigenvalue weighted by Gasteiger charge is 2.35. The number of rotatable bonds is 2. The van der Waals surface area contributed by atoms with E-state index in [-0.39, 0.29) is 11.3 Å². The van der Waals surface area contributed by atoms with E-state index in [1.165, 1.54) is 24.3 Å². The zero-order valence-electron chi connectivity index (χ0n) is 11.1. The third-order valence-corrected chi connectivity index (χ3v) is 2.78. The van der Waals surface area contributed by atoms with Crippen LogP contribution in [0.15, 0.2) is 42.5 Å². The zero-order chi connectivity index (χ0) is 16.3. The van der Waals surface area contributed by atoms with Crippen molar-refractivity contribution in [3.63, 3.8) is 0 Å². The molecule has 2 rings (SSSR count). The van der Waals surface area contributed by atoms with Crippen molar-refractivity contribution in [3.05, 3.63) is 65.2 Å². The van der Waals surface area contributed by atoms with E-state index in [1.54, 1.807) is 0 Å². The van der Waals surface area contributed by atoms with Gasteiger partial charge in [-0.25, -0.2) is 0 Å². The molecule has 0 fully saturated rings. The lowest BCUT2D eigenvalue weighted by atomic mass is 10.1. The number of benzene rings is 2. The number of halogens is 3. The van der Waals surface area contributed by atoms with E-state index in [0.29, 0.717) is 0 Å². The molecule has 0 heterocycles. The predicted molar refractivity (Wildman–Crippen MR) is 72.9 cm³/mol. The third-order valence-electron chi connectivity index (χ3n) is 2.78. The second kappa shape index (κ2) is 5.88. The summed E-state index contributed by atoms with van der Waals surface area (Å²) in [7, 11) is 0. The van der Waals surface area contributed by atoms with Crippen LogP contribution in [0.4, 0.5) is 18.9 Å². The van der Waals surface area contributed by atoms with Crippen LogP contribution in [-0.2, 0) is 6.18 Å². The van der Waals surface area contributed by atoms with Crippen molar-refractivity contribution in [2.75, 3.05) is 5.73 Å². The molecule has 22 heavy (non-hydrogen) atoms. The molecule has 0 bridgehead atoms. The number of carbonyl (C=O) groups is 2. The first-order chi connectivity index (χ1) is 10.3. The van der Waals surface area contributed by atoms with Crippen molar-refractivity contribution in [2.45, 2.75) is 6.18 Å². The van der Waals surface area contributed by atoms with Crippen molar-refractivity contribution >= 4 is 17.5 Å². The molecule has 0 aliphatic rings. The van der Waals surface area contributed by atoms with Crippen LogP contribution in [-0.4, -0.2) is 11.8 Å². The second-order valence-corrected chi connectivity index (χ2v) is 4.38. The quantitative estimate of drug-likeness (QED) is 0.662. The number of hydrogen-bond donors (Lipinski definition) is 2. The molecular weight excluding hydrogens is 297 g/mol. The summed E-state index contributed by atoms with van der Waals surface area (Å²) in [5.41, 5.74) is 4.01. The van der Waals surface area contributed by atoms with Gasteiger partial charge in [-0.3, -0.25) is 14.9 Å². The van der Waals surface area contributed by atoms with Crippen LogP contribution in [0.2, 0.25) is 0 Å². The van der Waals surface area contributed by atoms with Crippen molar-refractivity contribution in [1.29, 1.82) is 0 Å². The van der Waals surface area contributed by atoms with Gasteiger partial charge >= 0.3 is 6.18 Å². The van der Waals surface area contributed by atoms with E-state index < -0.39 is 29.1 Å². The van der Waals surface area contributed by atoms with Gasteiger partial charge in [0.05, 0.1) is 11.1 Å². The van der Waals surface area contributed by atoms with Crippen molar-refractivity contribution in [3.8, 4) is 0 Å². The summed E-state index contributed by atoms with van der Waals surface area (Å²) in [6, 6.07) is 10.8. The number of hydrogen-bond acceptors (Lipinski definition) is 3. The zero-order valence-corrected chi connectivity index (χ0v) is 11.1. The largest absolute Gasteiger partial charge is 0.417 e. The lowest BCUT2D eigenvalue weighted by molar-refractivity contribution is -0.137. The first-order valence-corrected chi connectivity index (χ1v) is 6.07. The van der Waals surface area contributed by atoms with Gasteiger partial charge in [0.15, 0.2) is 0 Å². The molecule has 3 N–H and O–H groups in total. The van der Waals surface area contributed by atoms with Gasteiger partial charge in [-0.15, -0.1) is 0 Å². The summed E-state index contributed by atoms with van der Waals surface area (Å²) in [6.07, 6.45) is -4.69. The highest BCUT2D eigenvalue weighted by atomic mass is 19.4. The molecular formula is C15H10F3N2O2. The minimum absolute atomic E-state index is 0.0258. The van der Waals surface area contributed by atoms with Crippen LogP contribution >= 0.6 is 0 Å². The maximum atomic E-state index is 12.8. The molecule has 0 saturated carbocycles. The van der Waals surface area contributed by atoms with E-state index in [2.05, 4.69) is 6.07 Å². The van der Waals surface area contributed by atoms with Gasteiger partial charge in [-0.1, -0.05) is 12.1 Å². The van der Waals surface area contributed by atoms with Gasteiger partial charge in [-0.2, -0.15) is 13.2 Å². The maximum absolute atomic E-state index is 12.8. The molecule has 0 aromatic heterocycles. The Morgan fingerprint density at radius 2 is 1.77 bits per heavy atom. The van der Waals surface area contributed by atoms with Gasteiger partial charge in [0, 0.05) is 11.3 Å². The molecule has 0 atom stereocenters. The predicted octanol–water partition coefficient (Wildman–Crippen LogP) is 2.66. The number of nitrogens with one attached hydrogen (secondary N) is 1. The van der Waals surface area contributed by atoms with Crippen molar-refractivity contribution < 1.29 is 22.8 Å². The molecule has 0 aliphatic heterocycles. The monoisotopic (exact) mass is 307 g/mol. The molecule has 0 unspecified atom stereocenters. The fraction of sp³-hybridized carbons (Fsp3) is 0.0667. The maximum Gasteiger partial charge on any atom is 0.417 e. The standard InChI is InChI=1S/C15H10F3N2O2/c16-15(17,18)12-7-2-1-6-11(12)14(22)20-13(21)9-4-3-5-10(19)8-9/h1-2,4-8H,19H2,(H,20,21,22). The number of anilines is 1. The Hall–Kier alpha value is -2.83. The minimum atomic E-state index is -4.69. The SMILES string of the molecule is Nc1c[c]cc(C(=O)NC(=O)c2ccccc2C(F)(F)F)c1. The van der Waals surface area contributed by atoms with Gasteiger partial charge in [-0.05, 0) is 36.4 Å². The molecule has 113 valence electrons. The van der Waals surface area contributed by atoms with E-state index in [9.17, 15) is 22.8 Å². The molecule has 1 radical (unpaired) electrons. The average Bonchev–Trinajstić information content (AvgIpc) is 2.46. The molecule has 2 amide bonds. The first-order valence-electron chi connectivity index (χ1n) is 6.07. The van der Waals surface area contributed by atoms with Crippen molar-refractivity contribution in [2.24, 2.45) is 0 Å². The summed E-state index contributed by atoms with van der Waals surface area (Å²) in [4.78, 5) is 23.8. The number of nitrogens with two attached hydrogens (primary N) is 1. The van der Waals surface area contributed by atoms with Crippen LogP contribution < -0.4 is 11.1 Å². The van der Waals surface area contributed by atoms with Gasteiger partial charge in [0.1, 0.15) is 0 Å². The molecule has 2 aromatic carbocycles.